The van der Waals surface area contributed by atoms with Crippen LogP contribution in [0.3, 0.4) is 0 Å². The number of nitrogens with zero attached hydrogens (tertiary/aromatic N) is 1. The lowest BCUT2D eigenvalue weighted by Crippen LogP contribution is -2.45. The van der Waals surface area contributed by atoms with Crippen molar-refractivity contribution in [2.24, 2.45) is 0 Å². The summed E-state index contributed by atoms with van der Waals surface area (Å²) in [6.45, 7) is -0.372. The Morgan fingerprint density at radius 2 is 1.56 bits per heavy atom. The number of hydrogen-bond donors (Lipinski definition) is 2. The van der Waals surface area contributed by atoms with Crippen molar-refractivity contribution in [2.45, 2.75) is 12.6 Å². The van der Waals surface area contributed by atoms with Gasteiger partial charge in [-0.25, -0.2) is 4.39 Å². The summed E-state index contributed by atoms with van der Waals surface area (Å²) in [5.74, 6) is -0.700. The number of ether oxygens (including phenoxy) is 1. The van der Waals surface area contributed by atoms with Crippen LogP contribution in [0.25, 0.3) is 0 Å². The van der Waals surface area contributed by atoms with Crippen LogP contribution < -0.4 is 10.1 Å². The van der Waals surface area contributed by atoms with Crippen molar-refractivity contribution in [1.29, 1.82) is 0 Å². The highest BCUT2D eigenvalue weighted by molar-refractivity contribution is 5.89. The van der Waals surface area contributed by atoms with Crippen LogP contribution >= 0.6 is 0 Å². The third kappa shape index (κ3) is 6.39. The minimum atomic E-state index is -0.959. The van der Waals surface area contributed by atoms with Gasteiger partial charge in [0.25, 0.3) is 5.91 Å². The van der Waals surface area contributed by atoms with E-state index in [2.05, 4.69) is 5.32 Å². The molecule has 3 rings (SSSR count). The molecule has 32 heavy (non-hydrogen) atoms. The number of rotatable bonds is 10. The molecule has 0 aliphatic heterocycles. The molecule has 1 atom stereocenters. The fourth-order valence-corrected chi connectivity index (χ4v) is 3.24. The number of nitrogens with one attached hydrogen (secondary N) is 1. The minimum Gasteiger partial charge on any atom is -0.484 e. The smallest absolute Gasteiger partial charge is 0.261 e. The fourth-order valence-electron chi connectivity index (χ4n) is 3.24. The summed E-state index contributed by atoms with van der Waals surface area (Å²) in [6.07, 6.45) is 0. The van der Waals surface area contributed by atoms with E-state index in [0.717, 1.165) is 0 Å². The molecule has 7 heteroatoms. The number of hydrogen-bond acceptors (Lipinski definition) is 4. The summed E-state index contributed by atoms with van der Waals surface area (Å²) in [5, 5.41) is 11.8. The van der Waals surface area contributed by atoms with E-state index >= 15 is 0 Å². The van der Waals surface area contributed by atoms with Crippen LogP contribution in [0.15, 0.2) is 84.9 Å². The SMILES string of the molecule is O=C(NCCO)C(c1ccccc1)N(Cc1ccc(F)cc1)C(=O)COc1ccccc1. The van der Waals surface area contributed by atoms with E-state index in [9.17, 15) is 14.0 Å². The van der Waals surface area contributed by atoms with Gasteiger partial charge in [-0.1, -0.05) is 60.7 Å². The maximum Gasteiger partial charge on any atom is 0.261 e. The Balaban J connectivity index is 1.91. The van der Waals surface area contributed by atoms with Gasteiger partial charge in [-0.15, -0.1) is 0 Å². The molecule has 0 saturated carbocycles. The van der Waals surface area contributed by atoms with E-state index in [1.165, 1.54) is 17.0 Å². The van der Waals surface area contributed by atoms with Crippen molar-refractivity contribution in [2.75, 3.05) is 19.8 Å². The van der Waals surface area contributed by atoms with Crippen LogP contribution in [-0.2, 0) is 16.1 Å². The van der Waals surface area contributed by atoms with Gasteiger partial charge in [-0.05, 0) is 35.4 Å². The third-order valence-corrected chi connectivity index (χ3v) is 4.78. The Bertz CT molecular complexity index is 997. The van der Waals surface area contributed by atoms with Gasteiger partial charge >= 0.3 is 0 Å². The predicted molar refractivity (Wildman–Crippen MR) is 118 cm³/mol. The molecule has 0 radical (unpaired) electrons. The second-order valence-electron chi connectivity index (χ2n) is 7.08. The lowest BCUT2D eigenvalue weighted by Gasteiger charge is -2.31. The minimum absolute atomic E-state index is 0.0568. The van der Waals surface area contributed by atoms with Crippen LogP contribution in [0, 0.1) is 5.82 Å². The molecule has 2 amide bonds. The first-order chi connectivity index (χ1) is 15.6. The first kappa shape index (κ1) is 23.0. The molecular weight excluding hydrogens is 411 g/mol. The zero-order valence-corrected chi connectivity index (χ0v) is 17.5. The Labute approximate surface area is 186 Å². The number of carbonyl (C=O) groups excluding carboxylic acids is 2. The molecule has 0 aromatic heterocycles. The van der Waals surface area contributed by atoms with Crippen LogP contribution in [0.5, 0.6) is 5.75 Å². The summed E-state index contributed by atoms with van der Waals surface area (Å²) in [5.41, 5.74) is 1.27. The molecule has 3 aromatic rings. The lowest BCUT2D eigenvalue weighted by molar-refractivity contribution is -0.143. The Morgan fingerprint density at radius 1 is 0.938 bits per heavy atom. The Hall–Kier alpha value is -3.71. The van der Waals surface area contributed by atoms with Gasteiger partial charge in [0.05, 0.1) is 6.61 Å². The molecule has 6 nitrogen and oxygen atoms in total. The van der Waals surface area contributed by atoms with Crippen molar-refractivity contribution in [3.63, 3.8) is 0 Å². The van der Waals surface area contributed by atoms with Crippen LogP contribution in [0.1, 0.15) is 17.2 Å². The molecule has 0 saturated heterocycles. The summed E-state index contributed by atoms with van der Waals surface area (Å²) in [6, 6.07) is 22.6. The zero-order chi connectivity index (χ0) is 22.8. The van der Waals surface area contributed by atoms with E-state index in [1.807, 2.05) is 12.1 Å². The molecule has 166 valence electrons. The lowest BCUT2D eigenvalue weighted by atomic mass is 10.0. The zero-order valence-electron chi connectivity index (χ0n) is 17.5. The highest BCUT2D eigenvalue weighted by atomic mass is 19.1. The van der Waals surface area contributed by atoms with Crippen molar-refractivity contribution in [3.05, 3.63) is 102 Å². The first-order valence-corrected chi connectivity index (χ1v) is 10.2. The monoisotopic (exact) mass is 436 g/mol. The second kappa shape index (κ2) is 11.6. The number of carbonyl (C=O) groups is 2. The molecule has 3 aromatic carbocycles. The molecule has 0 bridgehead atoms. The summed E-state index contributed by atoms with van der Waals surface area (Å²) < 4.78 is 19.0. The normalized spacial score (nSPS) is 11.4. The van der Waals surface area contributed by atoms with Gasteiger partial charge in [0.15, 0.2) is 6.61 Å². The molecule has 2 N–H and O–H groups in total. The van der Waals surface area contributed by atoms with E-state index in [-0.39, 0.29) is 32.1 Å². The molecule has 1 unspecified atom stereocenters. The van der Waals surface area contributed by atoms with E-state index in [0.29, 0.717) is 16.9 Å². The van der Waals surface area contributed by atoms with E-state index < -0.39 is 17.9 Å². The molecule has 0 aliphatic carbocycles. The van der Waals surface area contributed by atoms with Crippen molar-refractivity contribution in [1.82, 2.24) is 10.2 Å². The first-order valence-electron chi connectivity index (χ1n) is 10.2. The largest absolute Gasteiger partial charge is 0.484 e. The fraction of sp³-hybridized carbons (Fsp3) is 0.200. The van der Waals surface area contributed by atoms with Crippen molar-refractivity contribution in [3.8, 4) is 5.75 Å². The second-order valence-corrected chi connectivity index (χ2v) is 7.08. The van der Waals surface area contributed by atoms with Gasteiger partial charge in [0.2, 0.25) is 5.91 Å². The summed E-state index contributed by atoms with van der Waals surface area (Å²) >= 11 is 0. The Kier molecular flexibility index (Phi) is 8.34. The predicted octanol–water partition coefficient (Wildman–Crippen LogP) is 3.08. The Morgan fingerprint density at radius 3 is 2.19 bits per heavy atom. The van der Waals surface area contributed by atoms with Gasteiger partial charge in [-0.3, -0.25) is 9.59 Å². The number of halogens is 1. The number of para-hydroxylation sites is 1. The standard InChI is InChI=1S/C25H25FN2O4/c26-21-13-11-19(12-14-21)17-28(23(30)18-32-22-9-5-2-6-10-22)24(25(31)27-15-16-29)20-7-3-1-4-8-20/h1-14,24,29H,15-18H2,(H,27,31). The number of aliphatic hydroxyl groups is 1. The summed E-state index contributed by atoms with van der Waals surface area (Å²) in [7, 11) is 0. The molecule has 0 heterocycles. The van der Waals surface area contributed by atoms with E-state index in [4.69, 9.17) is 9.84 Å². The quantitative estimate of drug-likeness (QED) is 0.512. The average Bonchev–Trinajstić information content (AvgIpc) is 2.83. The number of amides is 2. The topological polar surface area (TPSA) is 78.9 Å². The van der Waals surface area contributed by atoms with Gasteiger partial charge in [0, 0.05) is 13.1 Å². The average molecular weight is 436 g/mol. The van der Waals surface area contributed by atoms with Crippen molar-refractivity contribution >= 4 is 11.8 Å². The molecular formula is C25H25FN2O4. The highest BCUT2D eigenvalue weighted by Gasteiger charge is 2.31. The van der Waals surface area contributed by atoms with Gasteiger partial charge in [-0.2, -0.15) is 0 Å². The highest BCUT2D eigenvalue weighted by Crippen LogP contribution is 2.24. The summed E-state index contributed by atoms with van der Waals surface area (Å²) in [4.78, 5) is 27.7. The molecule has 0 fully saturated rings. The number of aliphatic hydroxyl groups excluding tert-OH is 1. The van der Waals surface area contributed by atoms with Crippen LogP contribution in [-0.4, -0.2) is 41.6 Å². The maximum atomic E-state index is 13.4. The maximum absolute atomic E-state index is 13.4. The number of benzene rings is 3. The van der Waals surface area contributed by atoms with Gasteiger partial charge < -0.3 is 20.1 Å². The molecule has 0 spiro atoms. The van der Waals surface area contributed by atoms with Crippen LogP contribution in [0.4, 0.5) is 4.39 Å². The van der Waals surface area contributed by atoms with Crippen LogP contribution in [0.2, 0.25) is 0 Å². The van der Waals surface area contributed by atoms with Gasteiger partial charge in [0.1, 0.15) is 17.6 Å². The molecule has 0 aliphatic rings. The third-order valence-electron chi connectivity index (χ3n) is 4.78. The van der Waals surface area contributed by atoms with Crippen molar-refractivity contribution < 1.29 is 23.8 Å². The van der Waals surface area contributed by atoms with E-state index in [1.54, 1.807) is 60.7 Å².